The molecule has 1 aliphatic heterocycles. The molecule has 2 aromatic carbocycles. The van der Waals surface area contributed by atoms with Crippen molar-refractivity contribution in [3.05, 3.63) is 59.2 Å². The molecule has 5 nitrogen and oxygen atoms in total. The van der Waals surface area contributed by atoms with Gasteiger partial charge in [0.1, 0.15) is 0 Å². The van der Waals surface area contributed by atoms with Crippen molar-refractivity contribution in [2.75, 3.05) is 15.8 Å². The lowest BCUT2D eigenvalue weighted by Crippen LogP contribution is -2.31. The van der Waals surface area contributed by atoms with Gasteiger partial charge in [-0.25, -0.2) is 8.42 Å². The average Bonchev–Trinajstić information content (AvgIpc) is 2.61. The number of nitrogens with zero attached hydrogens (tertiary/aromatic N) is 1. The van der Waals surface area contributed by atoms with Gasteiger partial charge in [-0.05, 0) is 60.2 Å². The normalized spacial score (nSPS) is 18.3. The zero-order valence-corrected chi connectivity index (χ0v) is 16.0. The minimum absolute atomic E-state index is 0.0422. The minimum Gasteiger partial charge on any atom is -0.378 e. The summed E-state index contributed by atoms with van der Waals surface area (Å²) in [6.07, 6.45) is 0.846. The summed E-state index contributed by atoms with van der Waals surface area (Å²) in [6.45, 7) is 5.96. The summed E-state index contributed by atoms with van der Waals surface area (Å²) < 4.78 is 26.3. The largest absolute Gasteiger partial charge is 0.378 e. The van der Waals surface area contributed by atoms with Crippen molar-refractivity contribution in [1.82, 2.24) is 0 Å². The molecule has 136 valence electrons. The van der Waals surface area contributed by atoms with Crippen LogP contribution in [0.5, 0.6) is 0 Å². The summed E-state index contributed by atoms with van der Waals surface area (Å²) in [5.41, 5.74) is 4.32. The number of benzene rings is 2. The molecule has 0 amide bonds. The van der Waals surface area contributed by atoms with Gasteiger partial charge >= 0.3 is 0 Å². The van der Waals surface area contributed by atoms with Gasteiger partial charge in [-0.3, -0.25) is 4.72 Å². The number of sulfonamides is 1. The third-order valence-corrected chi connectivity index (χ3v) is 6.17. The quantitative estimate of drug-likeness (QED) is 0.848. The number of nitriles is 1. The highest BCUT2D eigenvalue weighted by atomic mass is 32.2. The Morgan fingerprint density at radius 1 is 1.27 bits per heavy atom. The molecule has 2 aromatic rings. The Morgan fingerprint density at radius 2 is 2.04 bits per heavy atom. The van der Waals surface area contributed by atoms with E-state index in [0.717, 1.165) is 23.2 Å². The van der Waals surface area contributed by atoms with Crippen LogP contribution in [0.1, 0.15) is 49.9 Å². The summed E-state index contributed by atoms with van der Waals surface area (Å²) >= 11 is 0. The highest BCUT2D eigenvalue weighted by Gasteiger charge is 2.33. The van der Waals surface area contributed by atoms with Crippen LogP contribution in [0.15, 0.2) is 42.5 Å². The SMILES string of the molecule is CCS(=O)(=O)Nc1cccc(C2CC(C)(C)c3cc(C#N)ccc3N2)c1. The van der Waals surface area contributed by atoms with Crippen molar-refractivity contribution in [2.45, 2.75) is 38.6 Å². The zero-order chi connectivity index (χ0) is 18.9. The number of anilines is 2. The van der Waals surface area contributed by atoms with Crippen molar-refractivity contribution in [2.24, 2.45) is 0 Å². The van der Waals surface area contributed by atoms with Gasteiger partial charge in [-0.15, -0.1) is 0 Å². The van der Waals surface area contributed by atoms with Crippen LogP contribution in [0.4, 0.5) is 11.4 Å². The van der Waals surface area contributed by atoms with E-state index in [9.17, 15) is 8.42 Å². The molecule has 0 aliphatic carbocycles. The lowest BCUT2D eigenvalue weighted by molar-refractivity contribution is 0.427. The van der Waals surface area contributed by atoms with Gasteiger partial charge in [0, 0.05) is 11.4 Å². The first-order chi connectivity index (χ1) is 12.2. The predicted molar refractivity (Wildman–Crippen MR) is 105 cm³/mol. The second kappa shape index (κ2) is 6.65. The van der Waals surface area contributed by atoms with Crippen molar-refractivity contribution in [1.29, 1.82) is 5.26 Å². The topological polar surface area (TPSA) is 82.0 Å². The highest BCUT2D eigenvalue weighted by molar-refractivity contribution is 7.92. The van der Waals surface area contributed by atoms with Crippen LogP contribution >= 0.6 is 0 Å². The van der Waals surface area contributed by atoms with Crippen molar-refractivity contribution in [3.8, 4) is 6.07 Å². The fourth-order valence-electron chi connectivity index (χ4n) is 3.43. The Kier molecular flexibility index (Phi) is 4.68. The summed E-state index contributed by atoms with van der Waals surface area (Å²) in [5.74, 6) is 0.0422. The Hall–Kier alpha value is -2.52. The average molecular weight is 369 g/mol. The van der Waals surface area contributed by atoms with E-state index in [1.54, 1.807) is 13.0 Å². The molecule has 1 atom stereocenters. The van der Waals surface area contributed by atoms with E-state index in [4.69, 9.17) is 5.26 Å². The van der Waals surface area contributed by atoms with Crippen LogP contribution in [0.25, 0.3) is 0 Å². The maximum Gasteiger partial charge on any atom is 0.232 e. The molecule has 0 spiro atoms. The minimum atomic E-state index is -3.30. The van der Waals surface area contributed by atoms with E-state index in [0.29, 0.717) is 11.3 Å². The van der Waals surface area contributed by atoms with Gasteiger partial charge in [-0.1, -0.05) is 26.0 Å². The third-order valence-electron chi connectivity index (χ3n) is 4.86. The Labute approximate surface area is 155 Å². The number of hydrogen-bond acceptors (Lipinski definition) is 4. The molecule has 0 bridgehead atoms. The summed E-state index contributed by atoms with van der Waals surface area (Å²) in [4.78, 5) is 0. The second-order valence-electron chi connectivity index (χ2n) is 7.29. The van der Waals surface area contributed by atoms with Gasteiger partial charge in [0.15, 0.2) is 0 Å². The molecule has 0 fully saturated rings. The van der Waals surface area contributed by atoms with E-state index in [1.165, 1.54) is 0 Å². The molecule has 26 heavy (non-hydrogen) atoms. The monoisotopic (exact) mass is 369 g/mol. The smallest absolute Gasteiger partial charge is 0.232 e. The molecule has 0 saturated carbocycles. The molecule has 1 heterocycles. The molecular formula is C20H23N3O2S. The first-order valence-corrected chi connectivity index (χ1v) is 10.3. The molecule has 0 radical (unpaired) electrons. The van der Waals surface area contributed by atoms with E-state index in [2.05, 4.69) is 30.0 Å². The molecule has 6 heteroatoms. The fraction of sp³-hybridized carbons (Fsp3) is 0.350. The molecule has 1 unspecified atom stereocenters. The molecule has 0 saturated heterocycles. The molecular weight excluding hydrogens is 346 g/mol. The predicted octanol–water partition coefficient (Wildman–Crippen LogP) is 4.15. The lowest BCUT2D eigenvalue weighted by Gasteiger charge is -2.39. The van der Waals surface area contributed by atoms with Crippen LogP contribution in [-0.2, 0) is 15.4 Å². The number of nitrogens with one attached hydrogen (secondary N) is 2. The van der Waals surface area contributed by atoms with Gasteiger partial charge in [0.2, 0.25) is 10.0 Å². The van der Waals surface area contributed by atoms with E-state index in [1.807, 2.05) is 36.4 Å². The van der Waals surface area contributed by atoms with Gasteiger partial charge in [0.05, 0.1) is 23.4 Å². The Morgan fingerprint density at radius 3 is 2.73 bits per heavy atom. The maximum absolute atomic E-state index is 11.8. The molecule has 3 rings (SSSR count). The molecule has 0 aromatic heterocycles. The van der Waals surface area contributed by atoms with Crippen molar-refractivity contribution in [3.63, 3.8) is 0 Å². The van der Waals surface area contributed by atoms with Crippen molar-refractivity contribution < 1.29 is 8.42 Å². The Balaban J connectivity index is 1.93. The zero-order valence-electron chi connectivity index (χ0n) is 15.2. The van der Waals surface area contributed by atoms with Crippen LogP contribution < -0.4 is 10.0 Å². The summed E-state index contributed by atoms with van der Waals surface area (Å²) in [5, 5.41) is 12.7. The molecule has 1 aliphatic rings. The fourth-order valence-corrected chi connectivity index (χ4v) is 4.06. The second-order valence-corrected chi connectivity index (χ2v) is 9.30. The summed E-state index contributed by atoms with van der Waals surface area (Å²) in [6, 6.07) is 15.5. The van der Waals surface area contributed by atoms with Gasteiger partial charge in [-0.2, -0.15) is 5.26 Å². The number of hydrogen-bond donors (Lipinski definition) is 2. The first kappa shape index (κ1) is 18.3. The highest BCUT2D eigenvalue weighted by Crippen LogP contribution is 2.44. The Bertz CT molecular complexity index is 975. The van der Waals surface area contributed by atoms with E-state index in [-0.39, 0.29) is 17.2 Å². The number of fused-ring (bicyclic) bond motifs is 1. The van der Waals surface area contributed by atoms with Crippen LogP contribution in [0, 0.1) is 11.3 Å². The van der Waals surface area contributed by atoms with Crippen LogP contribution in [-0.4, -0.2) is 14.2 Å². The lowest BCUT2D eigenvalue weighted by atomic mass is 9.73. The standard InChI is InChI=1S/C20H23N3O2S/c1-4-26(24,25)23-16-7-5-6-15(11-16)19-12-20(2,3)17-10-14(13-21)8-9-18(17)22-19/h5-11,19,22-23H,4,12H2,1-3H3. The maximum atomic E-state index is 11.8. The van der Waals surface area contributed by atoms with E-state index < -0.39 is 10.0 Å². The third kappa shape index (κ3) is 3.68. The van der Waals surface area contributed by atoms with Crippen LogP contribution in [0.2, 0.25) is 0 Å². The van der Waals surface area contributed by atoms with Gasteiger partial charge in [0.25, 0.3) is 0 Å². The number of rotatable bonds is 4. The summed E-state index contributed by atoms with van der Waals surface area (Å²) in [7, 11) is -3.30. The van der Waals surface area contributed by atoms with Gasteiger partial charge < -0.3 is 5.32 Å². The van der Waals surface area contributed by atoms with Crippen LogP contribution in [0.3, 0.4) is 0 Å². The first-order valence-electron chi connectivity index (χ1n) is 8.66. The van der Waals surface area contributed by atoms with E-state index >= 15 is 0 Å². The van der Waals surface area contributed by atoms with Crippen molar-refractivity contribution >= 4 is 21.4 Å². The molecule has 2 N–H and O–H groups in total.